The van der Waals surface area contributed by atoms with E-state index >= 15 is 0 Å². The Morgan fingerprint density at radius 2 is 1.86 bits per heavy atom. The first kappa shape index (κ1) is 18.9. The highest BCUT2D eigenvalue weighted by Gasteiger charge is 2.26. The van der Waals surface area contributed by atoms with Crippen LogP contribution in [-0.4, -0.2) is 23.8 Å². The molecule has 0 saturated heterocycles. The van der Waals surface area contributed by atoms with Gasteiger partial charge in [0, 0.05) is 23.8 Å². The molecule has 2 amide bonds. The molecule has 0 fully saturated rings. The number of fused-ring (bicyclic) bond motifs is 1. The number of furan rings is 1. The topological polar surface area (TPSA) is 75.4 Å². The van der Waals surface area contributed by atoms with Gasteiger partial charge in [-0.05, 0) is 49.7 Å². The maximum absolute atomic E-state index is 13.3. The number of benzene rings is 1. The molecule has 0 spiro atoms. The third-order valence-corrected chi connectivity index (χ3v) is 5.68. The molecule has 3 aromatic heterocycles. The lowest BCUT2D eigenvalue weighted by Gasteiger charge is -2.17. The van der Waals surface area contributed by atoms with Crippen LogP contribution in [0, 0.1) is 13.8 Å². The SMILES string of the molecule is Cc1cc(C)c2c(NC(=O)c3ccco3)c(C(=O)N(C)c3ccccc3)sc2n1. The second kappa shape index (κ2) is 7.52. The summed E-state index contributed by atoms with van der Waals surface area (Å²) >= 11 is 1.27. The number of anilines is 2. The van der Waals surface area contributed by atoms with Crippen LogP contribution in [0.5, 0.6) is 0 Å². The fraction of sp³-hybridized carbons (Fsp3) is 0.136. The largest absolute Gasteiger partial charge is 0.459 e. The number of aryl methyl sites for hydroxylation is 2. The van der Waals surface area contributed by atoms with Gasteiger partial charge in [-0.1, -0.05) is 18.2 Å². The van der Waals surface area contributed by atoms with E-state index in [0.29, 0.717) is 15.4 Å². The third-order valence-electron chi connectivity index (χ3n) is 4.61. The zero-order valence-electron chi connectivity index (χ0n) is 16.2. The molecule has 0 saturated carbocycles. The van der Waals surface area contributed by atoms with Crippen molar-refractivity contribution in [3.05, 3.63) is 76.7 Å². The molecule has 0 aliphatic carbocycles. The van der Waals surface area contributed by atoms with Crippen LogP contribution in [0.2, 0.25) is 0 Å². The minimum atomic E-state index is -0.411. The van der Waals surface area contributed by atoms with E-state index in [2.05, 4.69) is 10.3 Å². The summed E-state index contributed by atoms with van der Waals surface area (Å²) in [6.07, 6.45) is 1.44. The highest BCUT2D eigenvalue weighted by Crippen LogP contribution is 2.38. The molecule has 1 N–H and O–H groups in total. The van der Waals surface area contributed by atoms with E-state index in [1.54, 1.807) is 24.1 Å². The van der Waals surface area contributed by atoms with Crippen LogP contribution in [0.15, 0.2) is 59.2 Å². The Morgan fingerprint density at radius 3 is 2.55 bits per heavy atom. The molecule has 3 heterocycles. The average Bonchev–Trinajstić information content (AvgIpc) is 3.36. The number of aromatic nitrogens is 1. The summed E-state index contributed by atoms with van der Waals surface area (Å²) in [5.74, 6) is -0.450. The monoisotopic (exact) mass is 405 g/mol. The van der Waals surface area contributed by atoms with E-state index in [9.17, 15) is 9.59 Å². The van der Waals surface area contributed by atoms with Crippen molar-refractivity contribution in [2.75, 3.05) is 17.3 Å². The van der Waals surface area contributed by atoms with Crippen molar-refractivity contribution < 1.29 is 14.0 Å². The number of carbonyl (C=O) groups is 2. The summed E-state index contributed by atoms with van der Waals surface area (Å²) in [5.41, 5.74) is 3.03. The van der Waals surface area contributed by atoms with Crippen molar-refractivity contribution in [3.63, 3.8) is 0 Å². The van der Waals surface area contributed by atoms with Gasteiger partial charge in [0.05, 0.1) is 12.0 Å². The molecule has 1 aromatic carbocycles. The van der Waals surface area contributed by atoms with E-state index in [1.165, 1.54) is 17.6 Å². The molecule has 146 valence electrons. The number of carbonyl (C=O) groups excluding carboxylic acids is 2. The van der Waals surface area contributed by atoms with Crippen LogP contribution >= 0.6 is 11.3 Å². The van der Waals surface area contributed by atoms with Gasteiger partial charge < -0.3 is 14.6 Å². The first-order valence-corrected chi connectivity index (χ1v) is 9.86. The Labute approximate surface area is 171 Å². The number of hydrogen-bond donors (Lipinski definition) is 1. The third kappa shape index (κ3) is 3.52. The summed E-state index contributed by atoms with van der Waals surface area (Å²) in [4.78, 5) is 33.3. The molecular formula is C22H19N3O3S. The van der Waals surface area contributed by atoms with Crippen LogP contribution in [0.4, 0.5) is 11.4 Å². The van der Waals surface area contributed by atoms with E-state index in [0.717, 1.165) is 22.3 Å². The zero-order chi connectivity index (χ0) is 20.5. The fourth-order valence-corrected chi connectivity index (χ4v) is 4.44. The highest BCUT2D eigenvalue weighted by atomic mass is 32.1. The van der Waals surface area contributed by atoms with Gasteiger partial charge >= 0.3 is 0 Å². The molecule has 0 aliphatic heterocycles. The van der Waals surface area contributed by atoms with Crippen molar-refractivity contribution >= 4 is 44.7 Å². The zero-order valence-corrected chi connectivity index (χ0v) is 17.0. The van der Waals surface area contributed by atoms with Crippen LogP contribution in [0.3, 0.4) is 0 Å². The first-order valence-electron chi connectivity index (χ1n) is 9.04. The Kier molecular flexibility index (Phi) is 4.90. The summed E-state index contributed by atoms with van der Waals surface area (Å²) in [6, 6.07) is 14.5. The standard InChI is InChI=1S/C22H19N3O3S/c1-13-12-14(2)23-21-17(13)18(24-20(26)16-10-7-11-28-16)19(29-21)22(27)25(3)15-8-5-4-6-9-15/h4-12H,1-3H3,(H,24,26). The number of amides is 2. The van der Waals surface area contributed by atoms with Gasteiger partial charge in [-0.25, -0.2) is 4.98 Å². The molecule has 0 radical (unpaired) electrons. The lowest BCUT2D eigenvalue weighted by molar-refractivity contribution is 0.0997. The molecule has 6 nitrogen and oxygen atoms in total. The van der Waals surface area contributed by atoms with E-state index in [4.69, 9.17) is 4.42 Å². The lowest BCUT2D eigenvalue weighted by atomic mass is 10.1. The van der Waals surface area contributed by atoms with Gasteiger partial charge in [-0.2, -0.15) is 0 Å². The van der Waals surface area contributed by atoms with Gasteiger partial charge in [0.2, 0.25) is 0 Å². The lowest BCUT2D eigenvalue weighted by Crippen LogP contribution is -2.26. The Hall–Kier alpha value is -3.45. The van der Waals surface area contributed by atoms with Gasteiger partial charge in [0.25, 0.3) is 11.8 Å². The van der Waals surface area contributed by atoms with Gasteiger partial charge in [0.1, 0.15) is 9.71 Å². The molecule has 0 bridgehead atoms. The Bertz CT molecular complexity index is 1200. The molecule has 7 heteroatoms. The van der Waals surface area contributed by atoms with Gasteiger partial charge in [0.15, 0.2) is 5.76 Å². The maximum Gasteiger partial charge on any atom is 0.291 e. The van der Waals surface area contributed by atoms with E-state index in [1.807, 2.05) is 50.2 Å². The second-order valence-corrected chi connectivity index (χ2v) is 7.70. The highest BCUT2D eigenvalue weighted by molar-refractivity contribution is 7.21. The van der Waals surface area contributed by atoms with E-state index in [-0.39, 0.29) is 11.7 Å². The Morgan fingerprint density at radius 1 is 1.10 bits per heavy atom. The normalized spacial score (nSPS) is 10.9. The molecule has 0 aliphatic rings. The second-order valence-electron chi connectivity index (χ2n) is 6.70. The number of hydrogen-bond acceptors (Lipinski definition) is 5. The van der Waals surface area contributed by atoms with Crippen LogP contribution in [-0.2, 0) is 0 Å². The van der Waals surface area contributed by atoms with Gasteiger partial charge in [-0.3, -0.25) is 9.59 Å². The molecule has 0 unspecified atom stereocenters. The number of para-hydroxylation sites is 1. The van der Waals surface area contributed by atoms with Crippen LogP contribution < -0.4 is 10.2 Å². The first-order chi connectivity index (χ1) is 14.0. The number of thiophene rings is 1. The molecular weight excluding hydrogens is 386 g/mol. The minimum absolute atomic E-state index is 0.178. The fourth-order valence-electron chi connectivity index (χ4n) is 3.22. The van der Waals surface area contributed by atoms with Crippen molar-refractivity contribution in [2.45, 2.75) is 13.8 Å². The minimum Gasteiger partial charge on any atom is -0.459 e. The van der Waals surface area contributed by atoms with E-state index < -0.39 is 5.91 Å². The number of nitrogens with zero attached hydrogens (tertiary/aromatic N) is 2. The molecule has 29 heavy (non-hydrogen) atoms. The molecule has 4 rings (SSSR count). The number of nitrogens with one attached hydrogen (secondary N) is 1. The van der Waals surface area contributed by atoms with Crippen molar-refractivity contribution in [3.8, 4) is 0 Å². The number of pyridine rings is 1. The van der Waals surface area contributed by atoms with Gasteiger partial charge in [-0.15, -0.1) is 11.3 Å². The predicted octanol–water partition coefficient (Wildman–Crippen LogP) is 5.04. The van der Waals surface area contributed by atoms with Crippen molar-refractivity contribution in [2.24, 2.45) is 0 Å². The molecule has 0 atom stereocenters. The predicted molar refractivity (Wildman–Crippen MR) is 115 cm³/mol. The quantitative estimate of drug-likeness (QED) is 0.516. The Balaban J connectivity index is 1.83. The van der Waals surface area contributed by atoms with Crippen molar-refractivity contribution in [1.29, 1.82) is 0 Å². The summed E-state index contributed by atoms with van der Waals surface area (Å²) in [7, 11) is 1.71. The summed E-state index contributed by atoms with van der Waals surface area (Å²) in [6.45, 7) is 3.85. The van der Waals surface area contributed by atoms with Crippen molar-refractivity contribution in [1.82, 2.24) is 4.98 Å². The summed E-state index contributed by atoms with van der Waals surface area (Å²) in [5, 5.41) is 3.64. The molecule has 4 aromatic rings. The average molecular weight is 405 g/mol. The smallest absolute Gasteiger partial charge is 0.291 e. The summed E-state index contributed by atoms with van der Waals surface area (Å²) < 4.78 is 5.20. The maximum atomic E-state index is 13.3. The number of rotatable bonds is 4. The van der Waals surface area contributed by atoms with Crippen LogP contribution in [0.25, 0.3) is 10.2 Å². The van der Waals surface area contributed by atoms with Crippen LogP contribution in [0.1, 0.15) is 31.5 Å².